The Morgan fingerprint density at radius 3 is 2.71 bits per heavy atom. The Labute approximate surface area is 188 Å². The van der Waals surface area contributed by atoms with Gasteiger partial charge in [-0.2, -0.15) is 5.10 Å². The SMILES string of the molecule is [2H]c1c([2H])c([2H])c(-c2c(C)nc(N3CCC4(CC3)Cc3ncccc3[C@H]4N)c3ccnn23)c([2H])c1[2H]. The van der Waals surface area contributed by atoms with E-state index >= 15 is 0 Å². The molecule has 1 aromatic carbocycles. The van der Waals surface area contributed by atoms with Crippen LogP contribution in [0.5, 0.6) is 0 Å². The second-order valence-corrected chi connectivity index (χ2v) is 8.54. The van der Waals surface area contributed by atoms with Crippen molar-refractivity contribution in [1.29, 1.82) is 0 Å². The van der Waals surface area contributed by atoms with Crippen LogP contribution in [0.4, 0.5) is 5.82 Å². The minimum Gasteiger partial charge on any atom is -0.355 e. The first kappa shape index (κ1) is 13.9. The summed E-state index contributed by atoms with van der Waals surface area (Å²) in [6.45, 7) is 3.35. The van der Waals surface area contributed by atoms with Crippen LogP contribution in [-0.2, 0) is 6.42 Å². The molecule has 0 saturated carbocycles. The highest BCUT2D eigenvalue weighted by molar-refractivity contribution is 5.75. The fourth-order valence-electron chi connectivity index (χ4n) is 5.27. The van der Waals surface area contributed by atoms with Crippen molar-refractivity contribution in [3.8, 4) is 11.3 Å². The lowest BCUT2D eigenvalue weighted by Crippen LogP contribution is -2.44. The van der Waals surface area contributed by atoms with Crippen molar-refractivity contribution in [2.45, 2.75) is 32.2 Å². The smallest absolute Gasteiger partial charge is 0.155 e. The van der Waals surface area contributed by atoms with Crippen molar-refractivity contribution in [3.63, 3.8) is 0 Å². The summed E-state index contributed by atoms with van der Waals surface area (Å²) in [4.78, 5) is 11.7. The topological polar surface area (TPSA) is 72.3 Å². The van der Waals surface area contributed by atoms with E-state index < -0.39 is 6.04 Å². The van der Waals surface area contributed by atoms with Gasteiger partial charge >= 0.3 is 0 Å². The molecule has 1 atom stereocenters. The van der Waals surface area contributed by atoms with Crippen LogP contribution in [0, 0.1) is 12.3 Å². The highest BCUT2D eigenvalue weighted by atomic mass is 15.3. The van der Waals surface area contributed by atoms with Gasteiger partial charge in [0.2, 0.25) is 0 Å². The van der Waals surface area contributed by atoms with Crippen molar-refractivity contribution >= 4 is 11.3 Å². The molecule has 2 aliphatic rings. The second kappa shape index (κ2) is 6.89. The average molecular weight is 416 g/mol. The fourth-order valence-corrected chi connectivity index (χ4v) is 5.27. The van der Waals surface area contributed by atoms with E-state index in [4.69, 9.17) is 17.6 Å². The molecule has 1 spiro atoms. The normalized spacial score (nSPS) is 22.1. The van der Waals surface area contributed by atoms with Crippen LogP contribution < -0.4 is 10.6 Å². The van der Waals surface area contributed by atoms with E-state index in [1.54, 1.807) is 17.6 Å². The van der Waals surface area contributed by atoms with Crippen molar-refractivity contribution in [1.82, 2.24) is 19.6 Å². The number of benzene rings is 1. The van der Waals surface area contributed by atoms with E-state index in [1.807, 2.05) is 18.3 Å². The van der Waals surface area contributed by atoms with E-state index in [9.17, 15) is 0 Å². The van der Waals surface area contributed by atoms with E-state index in [1.165, 1.54) is 0 Å². The average Bonchev–Trinajstić information content (AvgIpc) is 3.47. The lowest BCUT2D eigenvalue weighted by atomic mass is 9.73. The fraction of sp³-hybridized carbons (Fsp3) is 0.320. The number of fused-ring (bicyclic) bond motifs is 2. The predicted molar refractivity (Wildman–Crippen MR) is 122 cm³/mol. The van der Waals surface area contributed by atoms with E-state index in [0.29, 0.717) is 11.4 Å². The van der Waals surface area contributed by atoms with Gasteiger partial charge in [-0.3, -0.25) is 4.98 Å². The van der Waals surface area contributed by atoms with Crippen LogP contribution in [0.25, 0.3) is 16.8 Å². The number of nitrogens with zero attached hydrogens (tertiary/aromatic N) is 5. The predicted octanol–water partition coefficient (Wildman–Crippen LogP) is 3.94. The summed E-state index contributed by atoms with van der Waals surface area (Å²) in [6.07, 6.45) is 6.20. The zero-order valence-corrected chi connectivity index (χ0v) is 17.3. The van der Waals surface area contributed by atoms with E-state index in [2.05, 4.69) is 21.0 Å². The Morgan fingerprint density at radius 1 is 1.13 bits per heavy atom. The number of hydrogen-bond acceptors (Lipinski definition) is 5. The molecular weight excluding hydrogens is 384 g/mol. The zero-order chi connectivity index (χ0) is 25.4. The first-order valence-electron chi connectivity index (χ1n) is 13.1. The second-order valence-electron chi connectivity index (χ2n) is 8.54. The number of anilines is 1. The summed E-state index contributed by atoms with van der Waals surface area (Å²) in [7, 11) is 0. The van der Waals surface area contributed by atoms with Gasteiger partial charge in [0.25, 0.3) is 0 Å². The van der Waals surface area contributed by atoms with Crippen molar-refractivity contribution in [2.24, 2.45) is 11.1 Å². The molecule has 6 heteroatoms. The molecule has 1 saturated heterocycles. The summed E-state index contributed by atoms with van der Waals surface area (Å²) in [5, 5.41) is 4.47. The molecule has 6 nitrogen and oxygen atoms in total. The highest BCUT2D eigenvalue weighted by Gasteiger charge is 2.46. The number of pyridine rings is 1. The van der Waals surface area contributed by atoms with Gasteiger partial charge < -0.3 is 10.6 Å². The summed E-state index contributed by atoms with van der Waals surface area (Å²) in [5.41, 5.74) is 10.8. The largest absolute Gasteiger partial charge is 0.355 e. The Kier molecular flexibility index (Phi) is 3.10. The molecule has 3 aromatic heterocycles. The van der Waals surface area contributed by atoms with Crippen molar-refractivity contribution in [3.05, 3.63) is 77.8 Å². The molecule has 1 aliphatic carbocycles. The lowest BCUT2D eigenvalue weighted by molar-refractivity contribution is 0.187. The minimum absolute atomic E-state index is 0.00794. The summed E-state index contributed by atoms with van der Waals surface area (Å²) < 4.78 is 42.6. The van der Waals surface area contributed by atoms with Gasteiger partial charge in [0.05, 0.1) is 24.4 Å². The van der Waals surface area contributed by atoms with E-state index in [-0.39, 0.29) is 41.2 Å². The molecule has 0 bridgehead atoms. The highest BCUT2D eigenvalue weighted by Crippen LogP contribution is 2.50. The maximum atomic E-state index is 8.44. The molecule has 4 aromatic rings. The Hall–Kier alpha value is -3.25. The first-order valence-corrected chi connectivity index (χ1v) is 10.6. The van der Waals surface area contributed by atoms with Crippen molar-refractivity contribution < 1.29 is 6.85 Å². The minimum atomic E-state index is -0.419. The molecule has 0 unspecified atom stereocenters. The molecular formula is C25H26N6. The third-order valence-corrected chi connectivity index (χ3v) is 6.94. The molecule has 0 amide bonds. The van der Waals surface area contributed by atoms with Crippen LogP contribution in [0.2, 0.25) is 0 Å². The van der Waals surface area contributed by atoms with Gasteiger partial charge in [0, 0.05) is 36.6 Å². The van der Waals surface area contributed by atoms with Gasteiger partial charge in [0.15, 0.2) is 5.82 Å². The van der Waals surface area contributed by atoms with Crippen molar-refractivity contribution in [2.75, 3.05) is 18.0 Å². The number of aryl methyl sites for hydroxylation is 1. The monoisotopic (exact) mass is 415 g/mol. The van der Waals surface area contributed by atoms with Crippen LogP contribution in [0.1, 0.15) is 42.7 Å². The number of aromatic nitrogens is 4. The number of piperidine rings is 1. The van der Waals surface area contributed by atoms with Gasteiger partial charge in [0.1, 0.15) is 5.52 Å². The molecule has 4 heterocycles. The summed E-state index contributed by atoms with van der Waals surface area (Å²) >= 11 is 0. The molecule has 31 heavy (non-hydrogen) atoms. The molecule has 0 radical (unpaired) electrons. The van der Waals surface area contributed by atoms with Gasteiger partial charge in [-0.1, -0.05) is 36.3 Å². The summed E-state index contributed by atoms with van der Waals surface area (Å²) in [5.74, 6) is 0.776. The van der Waals surface area contributed by atoms with Crippen LogP contribution in [-0.4, -0.2) is 32.7 Å². The zero-order valence-electron chi connectivity index (χ0n) is 22.3. The van der Waals surface area contributed by atoms with Crippen LogP contribution in [0.3, 0.4) is 0 Å². The number of rotatable bonds is 2. The lowest BCUT2D eigenvalue weighted by Gasteiger charge is -2.42. The van der Waals surface area contributed by atoms with Gasteiger partial charge in [-0.05, 0) is 49.3 Å². The third-order valence-electron chi connectivity index (χ3n) is 6.94. The van der Waals surface area contributed by atoms with Gasteiger partial charge in [-0.15, -0.1) is 0 Å². The molecule has 156 valence electrons. The molecule has 1 aliphatic heterocycles. The Balaban J connectivity index is 1.38. The molecule has 6 rings (SSSR count). The maximum absolute atomic E-state index is 8.44. The number of nitrogens with two attached hydrogens (primary N) is 1. The summed E-state index contributed by atoms with van der Waals surface area (Å²) in [6, 6.07) is 4.17. The third kappa shape index (κ3) is 2.78. The molecule has 2 N–H and O–H groups in total. The Morgan fingerprint density at radius 2 is 1.94 bits per heavy atom. The Bertz CT molecular complexity index is 1500. The van der Waals surface area contributed by atoms with Crippen LogP contribution >= 0.6 is 0 Å². The quantitative estimate of drug-likeness (QED) is 0.537. The maximum Gasteiger partial charge on any atom is 0.155 e. The number of hydrogen-bond donors (Lipinski definition) is 1. The molecule has 1 fully saturated rings. The van der Waals surface area contributed by atoms with E-state index in [0.717, 1.165) is 54.9 Å². The first-order chi connectivity index (χ1) is 17.2. The van der Waals surface area contributed by atoms with Crippen LogP contribution in [0.15, 0.2) is 60.8 Å². The van der Waals surface area contributed by atoms with Gasteiger partial charge in [-0.25, -0.2) is 9.50 Å². The standard InChI is InChI=1S/C25H26N6/c1-17-22(18-6-3-2-4-7-18)31-21(9-13-28-31)24(29-17)30-14-10-25(11-15-30)16-20-19(23(25)26)8-5-12-27-20/h2-9,12-13,23H,10-11,14-16,26H2,1H3/t23-/m1/s1/i2D,3D,4D,6D,7D.